The Labute approximate surface area is 176 Å². The molecule has 1 fully saturated rings. The summed E-state index contributed by atoms with van der Waals surface area (Å²) >= 11 is 0. The Kier molecular flexibility index (Phi) is 5.33. The minimum atomic E-state index is -0.167. The van der Waals surface area contributed by atoms with Gasteiger partial charge in [-0.15, -0.1) is 0 Å². The van der Waals surface area contributed by atoms with Gasteiger partial charge in [-0.05, 0) is 72.8 Å². The molecule has 0 spiro atoms. The van der Waals surface area contributed by atoms with Crippen LogP contribution in [-0.2, 0) is 13.1 Å². The molecule has 4 heteroatoms. The molecule has 0 bridgehead atoms. The first-order chi connectivity index (χ1) is 14.8. The molecule has 152 valence electrons. The summed E-state index contributed by atoms with van der Waals surface area (Å²) in [6.45, 7) is 3.89. The molecule has 3 nitrogen and oxygen atoms in total. The fraction of sp³-hybridized carbons (Fsp3) is 0.269. The van der Waals surface area contributed by atoms with Crippen LogP contribution in [0.25, 0.3) is 10.9 Å². The lowest BCUT2D eigenvalue weighted by Gasteiger charge is -2.32. The standard InChI is InChI=1S/C26H26FN3/c27-23-9-7-20(8-10-23)17-29-14-11-22(12-15-29)25-19-30(18-21-4-3-13-28-16-21)26-6-2-1-5-24(25)26/h1-10,13,16,19,22H,11-12,14-15,17-18H2. The summed E-state index contributed by atoms with van der Waals surface area (Å²) in [6, 6.07) is 19.8. The summed E-state index contributed by atoms with van der Waals surface area (Å²) in [7, 11) is 0. The molecule has 2 aromatic heterocycles. The van der Waals surface area contributed by atoms with Crippen LogP contribution < -0.4 is 0 Å². The van der Waals surface area contributed by atoms with Gasteiger partial charge in [0.2, 0.25) is 0 Å². The van der Waals surface area contributed by atoms with Crippen LogP contribution in [0.5, 0.6) is 0 Å². The molecule has 0 atom stereocenters. The van der Waals surface area contributed by atoms with E-state index in [9.17, 15) is 4.39 Å². The van der Waals surface area contributed by atoms with Gasteiger partial charge in [0.15, 0.2) is 0 Å². The Bertz CT molecular complexity index is 1110. The van der Waals surface area contributed by atoms with Crippen molar-refractivity contribution < 1.29 is 4.39 Å². The first-order valence-electron chi connectivity index (χ1n) is 10.7. The Morgan fingerprint density at radius 2 is 1.67 bits per heavy atom. The zero-order valence-corrected chi connectivity index (χ0v) is 17.0. The molecular weight excluding hydrogens is 373 g/mol. The van der Waals surface area contributed by atoms with E-state index in [1.54, 1.807) is 12.1 Å². The van der Waals surface area contributed by atoms with Gasteiger partial charge in [0.1, 0.15) is 5.82 Å². The van der Waals surface area contributed by atoms with Gasteiger partial charge in [-0.1, -0.05) is 36.4 Å². The van der Waals surface area contributed by atoms with Crippen molar-refractivity contribution in [2.24, 2.45) is 0 Å². The second kappa shape index (κ2) is 8.41. The molecule has 0 amide bonds. The van der Waals surface area contributed by atoms with Crippen molar-refractivity contribution in [3.63, 3.8) is 0 Å². The predicted molar refractivity (Wildman–Crippen MR) is 119 cm³/mol. The Morgan fingerprint density at radius 1 is 0.867 bits per heavy atom. The molecule has 2 aromatic carbocycles. The summed E-state index contributed by atoms with van der Waals surface area (Å²) < 4.78 is 15.5. The van der Waals surface area contributed by atoms with E-state index in [-0.39, 0.29) is 5.82 Å². The normalized spacial score (nSPS) is 15.6. The monoisotopic (exact) mass is 399 g/mol. The minimum Gasteiger partial charge on any atom is -0.343 e. The third-order valence-corrected chi connectivity index (χ3v) is 6.24. The number of hydrogen-bond acceptors (Lipinski definition) is 2. The van der Waals surface area contributed by atoms with E-state index in [1.807, 2.05) is 30.6 Å². The third-order valence-electron chi connectivity index (χ3n) is 6.24. The number of likely N-dealkylation sites (tertiary alicyclic amines) is 1. The number of aromatic nitrogens is 2. The van der Waals surface area contributed by atoms with Gasteiger partial charge >= 0.3 is 0 Å². The molecule has 0 aliphatic carbocycles. The lowest BCUT2D eigenvalue weighted by molar-refractivity contribution is 0.205. The molecule has 30 heavy (non-hydrogen) atoms. The van der Waals surface area contributed by atoms with Crippen LogP contribution in [0.1, 0.15) is 35.4 Å². The van der Waals surface area contributed by atoms with Crippen molar-refractivity contribution >= 4 is 10.9 Å². The van der Waals surface area contributed by atoms with Gasteiger partial charge in [-0.2, -0.15) is 0 Å². The number of hydrogen-bond donors (Lipinski definition) is 0. The smallest absolute Gasteiger partial charge is 0.123 e. The number of benzene rings is 2. The Hall–Kier alpha value is -2.98. The number of fused-ring (bicyclic) bond motifs is 1. The van der Waals surface area contributed by atoms with Gasteiger partial charge < -0.3 is 4.57 Å². The van der Waals surface area contributed by atoms with Crippen molar-refractivity contribution in [2.75, 3.05) is 13.1 Å². The zero-order chi connectivity index (χ0) is 20.3. The van der Waals surface area contributed by atoms with Gasteiger partial charge in [0, 0.05) is 42.6 Å². The third kappa shape index (κ3) is 4.01. The van der Waals surface area contributed by atoms with Crippen LogP contribution in [-0.4, -0.2) is 27.5 Å². The van der Waals surface area contributed by atoms with E-state index < -0.39 is 0 Å². The van der Waals surface area contributed by atoms with Crippen molar-refractivity contribution in [3.05, 3.63) is 102 Å². The van der Waals surface area contributed by atoms with Crippen molar-refractivity contribution in [1.82, 2.24) is 14.5 Å². The maximum Gasteiger partial charge on any atom is 0.123 e. The van der Waals surface area contributed by atoms with Crippen LogP contribution >= 0.6 is 0 Å². The molecule has 3 heterocycles. The van der Waals surface area contributed by atoms with Crippen LogP contribution in [0.2, 0.25) is 0 Å². The van der Waals surface area contributed by atoms with Gasteiger partial charge in [0.05, 0.1) is 0 Å². The maximum atomic E-state index is 13.2. The van der Waals surface area contributed by atoms with E-state index in [1.165, 1.54) is 27.6 Å². The summed E-state index contributed by atoms with van der Waals surface area (Å²) in [6.07, 6.45) is 8.44. The Balaban J connectivity index is 1.32. The molecule has 5 rings (SSSR count). The molecule has 0 N–H and O–H groups in total. The zero-order valence-electron chi connectivity index (χ0n) is 17.0. The van der Waals surface area contributed by atoms with E-state index in [0.717, 1.165) is 39.0 Å². The van der Waals surface area contributed by atoms with Crippen molar-refractivity contribution in [2.45, 2.75) is 31.8 Å². The van der Waals surface area contributed by atoms with Crippen LogP contribution in [0.3, 0.4) is 0 Å². The summed E-state index contributed by atoms with van der Waals surface area (Å²) in [4.78, 5) is 6.75. The average molecular weight is 400 g/mol. The molecule has 1 aliphatic rings. The summed E-state index contributed by atoms with van der Waals surface area (Å²) in [5, 5.41) is 1.37. The molecule has 4 aromatic rings. The van der Waals surface area contributed by atoms with Crippen LogP contribution in [0, 0.1) is 5.82 Å². The summed E-state index contributed by atoms with van der Waals surface area (Å²) in [5.41, 5.74) is 5.17. The van der Waals surface area contributed by atoms with Gasteiger partial charge in [-0.3, -0.25) is 9.88 Å². The van der Waals surface area contributed by atoms with Gasteiger partial charge in [0.25, 0.3) is 0 Å². The lowest BCUT2D eigenvalue weighted by Crippen LogP contribution is -2.32. The fourth-order valence-electron chi connectivity index (χ4n) is 4.67. The van der Waals surface area contributed by atoms with E-state index in [4.69, 9.17) is 0 Å². The minimum absolute atomic E-state index is 0.167. The second-order valence-electron chi connectivity index (χ2n) is 8.27. The predicted octanol–water partition coefficient (Wildman–Crippen LogP) is 5.60. The van der Waals surface area contributed by atoms with Crippen molar-refractivity contribution in [1.29, 1.82) is 0 Å². The molecule has 1 saturated heterocycles. The first-order valence-corrected chi connectivity index (χ1v) is 10.7. The average Bonchev–Trinajstić information content (AvgIpc) is 3.15. The highest BCUT2D eigenvalue weighted by Gasteiger charge is 2.23. The SMILES string of the molecule is Fc1ccc(CN2CCC(c3cn(Cc4cccnc4)c4ccccc34)CC2)cc1. The second-order valence-corrected chi connectivity index (χ2v) is 8.27. The molecular formula is C26H26FN3. The number of pyridine rings is 1. The molecule has 0 unspecified atom stereocenters. The van der Waals surface area contributed by atoms with E-state index >= 15 is 0 Å². The number of para-hydroxylation sites is 1. The highest BCUT2D eigenvalue weighted by atomic mass is 19.1. The highest BCUT2D eigenvalue weighted by molar-refractivity contribution is 5.84. The first kappa shape index (κ1) is 19.0. The lowest BCUT2D eigenvalue weighted by atomic mass is 9.89. The molecule has 0 radical (unpaired) electrons. The van der Waals surface area contributed by atoms with Gasteiger partial charge in [-0.25, -0.2) is 4.39 Å². The highest BCUT2D eigenvalue weighted by Crippen LogP contribution is 2.35. The number of piperidine rings is 1. The number of halogens is 1. The molecule has 0 saturated carbocycles. The Morgan fingerprint density at radius 3 is 2.43 bits per heavy atom. The fourth-order valence-corrected chi connectivity index (χ4v) is 4.67. The van der Waals surface area contributed by atoms with Crippen LogP contribution in [0.4, 0.5) is 4.39 Å². The van der Waals surface area contributed by atoms with Crippen LogP contribution in [0.15, 0.2) is 79.3 Å². The van der Waals surface area contributed by atoms with Crippen molar-refractivity contribution in [3.8, 4) is 0 Å². The number of nitrogens with zero attached hydrogens (tertiary/aromatic N) is 3. The maximum absolute atomic E-state index is 13.2. The van der Waals surface area contributed by atoms with E-state index in [0.29, 0.717) is 5.92 Å². The molecule has 1 aliphatic heterocycles. The quantitative estimate of drug-likeness (QED) is 0.435. The topological polar surface area (TPSA) is 21.1 Å². The largest absolute Gasteiger partial charge is 0.343 e. The number of rotatable bonds is 5. The summed E-state index contributed by atoms with van der Waals surface area (Å²) in [5.74, 6) is 0.412. The van der Waals surface area contributed by atoms with E-state index in [2.05, 4.69) is 51.0 Å².